The van der Waals surface area contributed by atoms with E-state index in [1.807, 2.05) is 55.5 Å². The van der Waals surface area contributed by atoms with Crippen molar-refractivity contribution in [3.63, 3.8) is 0 Å². The number of nitrogens with one attached hydrogen (secondary N) is 2. The third kappa shape index (κ3) is 5.21. The van der Waals surface area contributed by atoms with Gasteiger partial charge in [0.25, 0.3) is 0 Å². The zero-order valence-electron chi connectivity index (χ0n) is 15.1. The van der Waals surface area contributed by atoms with Crippen LogP contribution in [0.4, 0.5) is 5.69 Å². The number of methoxy groups -OCH3 is 1. The van der Waals surface area contributed by atoms with E-state index in [4.69, 9.17) is 0 Å². The standard InChI is InChI=1S/C21H24N2O3/c1-4-8-17-13-15(2)11-12-18(17)23-20(16-9-6-5-7-10-16)21(25)22-14-19(24)26-3/h4-7,9-13,20,23H,1,8,14H2,2-3H3,(H,22,25). The molecule has 136 valence electrons. The Morgan fingerprint density at radius 3 is 2.58 bits per heavy atom. The molecule has 1 unspecified atom stereocenters. The highest BCUT2D eigenvalue weighted by molar-refractivity contribution is 5.89. The molecule has 0 saturated carbocycles. The smallest absolute Gasteiger partial charge is 0.325 e. The number of aryl methyl sites for hydroxylation is 1. The lowest BCUT2D eigenvalue weighted by Crippen LogP contribution is -2.37. The van der Waals surface area contributed by atoms with Gasteiger partial charge in [0.15, 0.2) is 0 Å². The van der Waals surface area contributed by atoms with Crippen molar-refractivity contribution >= 4 is 17.6 Å². The second-order valence-corrected chi connectivity index (χ2v) is 5.94. The molecule has 2 aromatic carbocycles. The highest BCUT2D eigenvalue weighted by Crippen LogP contribution is 2.24. The first-order valence-electron chi connectivity index (χ1n) is 8.41. The number of benzene rings is 2. The van der Waals surface area contributed by atoms with Crippen LogP contribution in [0.3, 0.4) is 0 Å². The Hall–Kier alpha value is -3.08. The molecule has 0 heterocycles. The van der Waals surface area contributed by atoms with Crippen LogP contribution in [0.15, 0.2) is 61.2 Å². The van der Waals surface area contributed by atoms with E-state index in [9.17, 15) is 9.59 Å². The summed E-state index contributed by atoms with van der Waals surface area (Å²) in [6.45, 7) is 5.65. The number of carbonyl (C=O) groups is 2. The number of esters is 1. The molecule has 26 heavy (non-hydrogen) atoms. The minimum absolute atomic E-state index is 0.173. The van der Waals surface area contributed by atoms with Crippen molar-refractivity contribution < 1.29 is 14.3 Å². The Bertz CT molecular complexity index is 772. The van der Waals surface area contributed by atoms with E-state index in [0.29, 0.717) is 6.42 Å². The van der Waals surface area contributed by atoms with Gasteiger partial charge < -0.3 is 15.4 Å². The van der Waals surface area contributed by atoms with Crippen LogP contribution in [0.5, 0.6) is 0 Å². The summed E-state index contributed by atoms with van der Waals surface area (Å²) in [5, 5.41) is 5.92. The van der Waals surface area contributed by atoms with Crippen LogP contribution >= 0.6 is 0 Å². The fourth-order valence-corrected chi connectivity index (χ4v) is 2.62. The molecule has 0 bridgehead atoms. The van der Waals surface area contributed by atoms with Crippen molar-refractivity contribution in [3.8, 4) is 0 Å². The lowest BCUT2D eigenvalue weighted by molar-refractivity contribution is -0.141. The molecule has 0 aliphatic rings. The number of hydrogen-bond acceptors (Lipinski definition) is 4. The van der Waals surface area contributed by atoms with E-state index < -0.39 is 12.0 Å². The molecule has 0 spiro atoms. The first kappa shape index (κ1) is 19.2. The minimum Gasteiger partial charge on any atom is -0.468 e. The second-order valence-electron chi connectivity index (χ2n) is 5.94. The van der Waals surface area contributed by atoms with Crippen LogP contribution in [-0.2, 0) is 20.7 Å². The Morgan fingerprint density at radius 1 is 1.19 bits per heavy atom. The molecule has 0 aromatic heterocycles. The minimum atomic E-state index is -0.632. The highest BCUT2D eigenvalue weighted by Gasteiger charge is 2.22. The van der Waals surface area contributed by atoms with Crippen LogP contribution < -0.4 is 10.6 Å². The summed E-state index contributed by atoms with van der Waals surface area (Å²) < 4.78 is 4.58. The quantitative estimate of drug-likeness (QED) is 0.566. The lowest BCUT2D eigenvalue weighted by Gasteiger charge is -2.22. The van der Waals surface area contributed by atoms with Gasteiger partial charge >= 0.3 is 5.97 Å². The Labute approximate surface area is 154 Å². The summed E-state index contributed by atoms with van der Waals surface area (Å²) in [7, 11) is 1.29. The molecule has 0 saturated heterocycles. The van der Waals surface area contributed by atoms with Crippen LogP contribution in [0.25, 0.3) is 0 Å². The molecular weight excluding hydrogens is 328 g/mol. The average molecular weight is 352 g/mol. The fraction of sp³-hybridized carbons (Fsp3) is 0.238. The molecule has 0 aliphatic carbocycles. The van der Waals surface area contributed by atoms with E-state index in [1.54, 1.807) is 0 Å². The average Bonchev–Trinajstić information content (AvgIpc) is 2.66. The summed E-state index contributed by atoms with van der Waals surface area (Å²) in [6.07, 6.45) is 2.52. The van der Waals surface area contributed by atoms with Gasteiger partial charge in [-0.2, -0.15) is 0 Å². The summed E-state index contributed by atoms with van der Waals surface area (Å²) in [5.41, 5.74) is 3.86. The highest BCUT2D eigenvalue weighted by atomic mass is 16.5. The predicted octanol–water partition coefficient (Wildman–Crippen LogP) is 3.17. The predicted molar refractivity (Wildman–Crippen MR) is 103 cm³/mol. The van der Waals surface area contributed by atoms with Gasteiger partial charge in [-0.05, 0) is 30.5 Å². The van der Waals surface area contributed by atoms with E-state index in [2.05, 4.69) is 28.0 Å². The molecule has 2 aromatic rings. The third-order valence-corrected chi connectivity index (χ3v) is 3.95. The van der Waals surface area contributed by atoms with E-state index in [0.717, 1.165) is 22.4 Å². The van der Waals surface area contributed by atoms with Crippen LogP contribution in [0, 0.1) is 6.92 Å². The number of amides is 1. The first-order chi connectivity index (χ1) is 12.5. The molecule has 2 N–H and O–H groups in total. The zero-order valence-corrected chi connectivity index (χ0v) is 15.1. The van der Waals surface area contributed by atoms with Gasteiger partial charge in [-0.1, -0.05) is 54.1 Å². The van der Waals surface area contributed by atoms with Crippen LogP contribution in [0.2, 0.25) is 0 Å². The Kier molecular flexibility index (Phi) is 6.97. The van der Waals surface area contributed by atoms with Crippen molar-refractivity contribution in [2.75, 3.05) is 19.0 Å². The van der Waals surface area contributed by atoms with Crippen molar-refractivity contribution in [2.45, 2.75) is 19.4 Å². The number of hydrogen-bond donors (Lipinski definition) is 2. The molecule has 2 rings (SSSR count). The maximum Gasteiger partial charge on any atom is 0.325 e. The number of carbonyl (C=O) groups excluding carboxylic acids is 2. The van der Waals surface area contributed by atoms with E-state index >= 15 is 0 Å². The maximum absolute atomic E-state index is 12.7. The molecule has 1 atom stereocenters. The topological polar surface area (TPSA) is 67.4 Å². The summed E-state index contributed by atoms with van der Waals surface area (Å²) in [6, 6.07) is 14.8. The van der Waals surface area contributed by atoms with Gasteiger partial charge in [0.05, 0.1) is 7.11 Å². The lowest BCUT2D eigenvalue weighted by atomic mass is 10.0. The van der Waals surface area contributed by atoms with Gasteiger partial charge in [0.1, 0.15) is 12.6 Å². The van der Waals surface area contributed by atoms with Gasteiger partial charge in [0.2, 0.25) is 5.91 Å². The monoisotopic (exact) mass is 352 g/mol. The maximum atomic E-state index is 12.7. The van der Waals surface area contributed by atoms with E-state index in [1.165, 1.54) is 7.11 Å². The Balaban J connectivity index is 2.29. The fourth-order valence-electron chi connectivity index (χ4n) is 2.62. The van der Waals surface area contributed by atoms with Crippen LogP contribution in [-0.4, -0.2) is 25.5 Å². The van der Waals surface area contributed by atoms with Crippen molar-refractivity contribution in [1.29, 1.82) is 0 Å². The van der Waals surface area contributed by atoms with Gasteiger partial charge in [-0.15, -0.1) is 6.58 Å². The number of allylic oxidation sites excluding steroid dienone is 1. The van der Waals surface area contributed by atoms with Crippen molar-refractivity contribution in [2.24, 2.45) is 0 Å². The SMILES string of the molecule is C=CCc1cc(C)ccc1NC(C(=O)NCC(=O)OC)c1ccccc1. The van der Waals surface area contributed by atoms with Gasteiger partial charge in [-0.3, -0.25) is 9.59 Å². The number of anilines is 1. The van der Waals surface area contributed by atoms with Crippen molar-refractivity contribution in [1.82, 2.24) is 5.32 Å². The summed E-state index contributed by atoms with van der Waals surface area (Å²) >= 11 is 0. The van der Waals surface area contributed by atoms with Gasteiger partial charge in [-0.25, -0.2) is 0 Å². The summed E-state index contributed by atoms with van der Waals surface area (Å²) in [5.74, 6) is -0.792. The van der Waals surface area contributed by atoms with Crippen molar-refractivity contribution in [3.05, 3.63) is 77.9 Å². The summed E-state index contributed by atoms with van der Waals surface area (Å²) in [4.78, 5) is 24.0. The molecule has 0 aliphatic heterocycles. The molecule has 5 nitrogen and oxygen atoms in total. The molecular formula is C21H24N2O3. The van der Waals surface area contributed by atoms with Gasteiger partial charge in [0, 0.05) is 5.69 Å². The Morgan fingerprint density at radius 2 is 1.92 bits per heavy atom. The third-order valence-electron chi connectivity index (χ3n) is 3.95. The molecule has 1 amide bonds. The molecule has 5 heteroatoms. The van der Waals surface area contributed by atoms with E-state index in [-0.39, 0.29) is 12.5 Å². The molecule has 0 radical (unpaired) electrons. The van der Waals surface area contributed by atoms with Crippen LogP contribution in [0.1, 0.15) is 22.7 Å². The molecule has 0 fully saturated rings. The second kappa shape index (κ2) is 9.42. The number of rotatable bonds is 8. The number of ether oxygens (including phenoxy) is 1. The zero-order chi connectivity index (χ0) is 18.9. The normalized spacial score (nSPS) is 11.3. The largest absolute Gasteiger partial charge is 0.468 e. The first-order valence-corrected chi connectivity index (χ1v) is 8.41.